The summed E-state index contributed by atoms with van der Waals surface area (Å²) in [5.74, 6) is 1.06. The molecule has 2 atom stereocenters. The van der Waals surface area contributed by atoms with Crippen molar-refractivity contribution in [3.63, 3.8) is 0 Å². The van der Waals surface area contributed by atoms with Crippen LogP contribution in [0.25, 0.3) is 0 Å². The predicted molar refractivity (Wildman–Crippen MR) is 61.2 cm³/mol. The van der Waals surface area contributed by atoms with Crippen LogP contribution in [0.1, 0.15) is 23.9 Å². The number of hydrogen-bond acceptors (Lipinski definition) is 4. The molecule has 2 unspecified atom stereocenters. The van der Waals surface area contributed by atoms with Gasteiger partial charge in [0.25, 0.3) is 10.0 Å². The van der Waals surface area contributed by atoms with Crippen molar-refractivity contribution in [1.82, 2.24) is 4.31 Å². The van der Waals surface area contributed by atoms with Gasteiger partial charge in [0.15, 0.2) is 12.0 Å². The second-order valence-corrected chi connectivity index (χ2v) is 6.51. The molecule has 1 heterocycles. The van der Waals surface area contributed by atoms with Crippen molar-refractivity contribution in [1.29, 1.82) is 0 Å². The van der Waals surface area contributed by atoms with Crippen LogP contribution in [0.2, 0.25) is 0 Å². The van der Waals surface area contributed by atoms with Gasteiger partial charge >= 0.3 is 0 Å². The molecule has 5 nitrogen and oxygen atoms in total. The molecule has 0 aromatic carbocycles. The molecule has 1 saturated carbocycles. The summed E-state index contributed by atoms with van der Waals surface area (Å²) in [6.45, 7) is 2.60. The maximum Gasteiger partial charge on any atom is 0.276 e. The topological polar surface area (TPSA) is 67.6 Å². The highest BCUT2D eigenvalue weighted by atomic mass is 32.2. The van der Waals surface area contributed by atoms with Gasteiger partial charge < -0.3 is 4.42 Å². The monoisotopic (exact) mass is 257 g/mol. The van der Waals surface area contributed by atoms with Crippen LogP contribution in [0.15, 0.2) is 21.6 Å². The molecule has 0 radical (unpaired) electrons. The van der Waals surface area contributed by atoms with E-state index in [4.69, 9.17) is 4.42 Å². The van der Waals surface area contributed by atoms with E-state index in [-0.39, 0.29) is 10.9 Å². The molecule has 94 valence electrons. The summed E-state index contributed by atoms with van der Waals surface area (Å²) in [5, 5.41) is -0.171. The van der Waals surface area contributed by atoms with Crippen LogP contribution >= 0.6 is 0 Å². The van der Waals surface area contributed by atoms with Crippen molar-refractivity contribution < 1.29 is 17.6 Å². The number of carbonyl (C=O) groups excluding carboxylic acids is 1. The Morgan fingerprint density at radius 2 is 2.18 bits per heavy atom. The van der Waals surface area contributed by atoms with Gasteiger partial charge in [0, 0.05) is 13.6 Å². The third kappa shape index (κ3) is 2.42. The van der Waals surface area contributed by atoms with Crippen molar-refractivity contribution >= 4 is 16.3 Å². The first-order valence-electron chi connectivity index (χ1n) is 5.46. The van der Waals surface area contributed by atoms with Crippen molar-refractivity contribution in [3.05, 3.63) is 17.9 Å². The minimum absolute atomic E-state index is 0.0248. The SMILES string of the molecule is CC1CC1CN(C)S(=O)(=O)c1ccc(C=O)o1. The van der Waals surface area contributed by atoms with Crippen LogP contribution in [0.4, 0.5) is 0 Å². The summed E-state index contributed by atoms with van der Waals surface area (Å²) in [4.78, 5) is 10.4. The molecule has 17 heavy (non-hydrogen) atoms. The number of nitrogens with zero attached hydrogens (tertiary/aromatic N) is 1. The normalized spacial score (nSPS) is 23.9. The van der Waals surface area contributed by atoms with Gasteiger partial charge in [-0.05, 0) is 30.4 Å². The number of furan rings is 1. The van der Waals surface area contributed by atoms with E-state index >= 15 is 0 Å². The first-order chi connectivity index (χ1) is 7.95. The summed E-state index contributed by atoms with van der Waals surface area (Å²) in [6.07, 6.45) is 1.56. The number of hydrogen-bond donors (Lipinski definition) is 0. The largest absolute Gasteiger partial charge is 0.440 e. The Balaban J connectivity index is 2.14. The van der Waals surface area contributed by atoms with Crippen molar-refractivity contribution in [2.24, 2.45) is 11.8 Å². The highest BCUT2D eigenvalue weighted by Crippen LogP contribution is 2.38. The first-order valence-corrected chi connectivity index (χ1v) is 6.90. The second kappa shape index (κ2) is 4.27. The molecular formula is C11H15NO4S. The summed E-state index contributed by atoms with van der Waals surface area (Å²) in [7, 11) is -2.07. The van der Waals surface area contributed by atoms with E-state index in [1.54, 1.807) is 0 Å². The zero-order chi connectivity index (χ0) is 12.6. The van der Waals surface area contributed by atoms with Gasteiger partial charge in [-0.1, -0.05) is 6.92 Å². The number of aldehydes is 1. The Hall–Kier alpha value is -1.14. The van der Waals surface area contributed by atoms with Gasteiger partial charge in [-0.2, -0.15) is 4.31 Å². The van der Waals surface area contributed by atoms with Crippen LogP contribution in [-0.4, -0.2) is 32.6 Å². The number of carbonyl (C=O) groups is 1. The molecule has 0 spiro atoms. The maximum atomic E-state index is 12.0. The molecule has 2 rings (SSSR count). The van der Waals surface area contributed by atoms with Crippen LogP contribution in [-0.2, 0) is 10.0 Å². The average molecular weight is 257 g/mol. The zero-order valence-corrected chi connectivity index (χ0v) is 10.6. The summed E-state index contributed by atoms with van der Waals surface area (Å²) < 4.78 is 30.3. The Morgan fingerprint density at radius 1 is 1.53 bits per heavy atom. The average Bonchev–Trinajstić information content (AvgIpc) is 2.83. The van der Waals surface area contributed by atoms with Crippen LogP contribution < -0.4 is 0 Å². The van der Waals surface area contributed by atoms with E-state index in [9.17, 15) is 13.2 Å². The predicted octanol–water partition coefficient (Wildman–Crippen LogP) is 1.37. The number of sulfonamides is 1. The number of rotatable bonds is 5. The van der Waals surface area contributed by atoms with Crippen molar-refractivity contribution in [3.8, 4) is 0 Å². The van der Waals surface area contributed by atoms with Gasteiger partial charge in [0.2, 0.25) is 5.09 Å². The molecule has 0 N–H and O–H groups in total. The molecule has 0 saturated heterocycles. The smallest absolute Gasteiger partial charge is 0.276 e. The van der Waals surface area contributed by atoms with E-state index in [2.05, 4.69) is 6.92 Å². The third-order valence-corrected chi connectivity index (χ3v) is 4.85. The molecular weight excluding hydrogens is 242 g/mol. The molecule has 1 fully saturated rings. The fraction of sp³-hybridized carbons (Fsp3) is 0.545. The summed E-state index contributed by atoms with van der Waals surface area (Å²) in [5.41, 5.74) is 0. The van der Waals surface area contributed by atoms with Gasteiger partial charge in [-0.3, -0.25) is 4.79 Å². The van der Waals surface area contributed by atoms with E-state index in [0.29, 0.717) is 24.7 Å². The molecule has 0 bridgehead atoms. The summed E-state index contributed by atoms with van der Waals surface area (Å²) in [6, 6.07) is 2.67. The molecule has 0 amide bonds. The standard InChI is InChI=1S/C11H15NO4S/c1-8-5-9(8)6-12(2)17(14,15)11-4-3-10(7-13)16-11/h3-4,7-9H,5-6H2,1-2H3. The Morgan fingerprint density at radius 3 is 2.65 bits per heavy atom. The molecule has 1 aromatic heterocycles. The lowest BCUT2D eigenvalue weighted by Crippen LogP contribution is -2.28. The molecule has 1 aromatic rings. The van der Waals surface area contributed by atoms with E-state index in [1.807, 2.05) is 0 Å². The lowest BCUT2D eigenvalue weighted by Gasteiger charge is -2.14. The zero-order valence-electron chi connectivity index (χ0n) is 9.79. The van der Waals surface area contributed by atoms with Crippen molar-refractivity contribution in [2.75, 3.05) is 13.6 Å². The Bertz CT molecular complexity index is 519. The first kappa shape index (κ1) is 12.3. The minimum Gasteiger partial charge on any atom is -0.440 e. The maximum absolute atomic E-state index is 12.0. The van der Waals surface area contributed by atoms with E-state index in [1.165, 1.54) is 23.5 Å². The van der Waals surface area contributed by atoms with Crippen LogP contribution in [0.3, 0.4) is 0 Å². The van der Waals surface area contributed by atoms with Crippen molar-refractivity contribution in [2.45, 2.75) is 18.4 Å². The Kier molecular flexibility index (Phi) is 3.09. The molecule has 6 heteroatoms. The van der Waals surface area contributed by atoms with Gasteiger partial charge in [0.05, 0.1) is 0 Å². The van der Waals surface area contributed by atoms with Gasteiger partial charge in [-0.15, -0.1) is 0 Å². The van der Waals surface area contributed by atoms with Gasteiger partial charge in [0.1, 0.15) is 0 Å². The van der Waals surface area contributed by atoms with E-state index < -0.39 is 10.0 Å². The fourth-order valence-corrected chi connectivity index (χ4v) is 2.91. The molecule has 1 aliphatic carbocycles. The fourth-order valence-electron chi connectivity index (χ4n) is 1.77. The lowest BCUT2D eigenvalue weighted by atomic mass is 10.3. The highest BCUT2D eigenvalue weighted by Gasteiger charge is 2.36. The molecule has 1 aliphatic rings. The Labute approximate surface area is 100 Å². The van der Waals surface area contributed by atoms with Crippen LogP contribution in [0, 0.1) is 11.8 Å². The highest BCUT2D eigenvalue weighted by molar-refractivity contribution is 7.89. The quantitative estimate of drug-likeness (QED) is 0.747. The minimum atomic E-state index is -3.60. The summed E-state index contributed by atoms with van der Waals surface area (Å²) >= 11 is 0. The van der Waals surface area contributed by atoms with E-state index in [0.717, 1.165) is 6.42 Å². The lowest BCUT2D eigenvalue weighted by molar-refractivity contribution is 0.109. The van der Waals surface area contributed by atoms with Gasteiger partial charge in [-0.25, -0.2) is 8.42 Å². The molecule has 0 aliphatic heterocycles. The second-order valence-electron chi connectivity index (χ2n) is 4.53. The third-order valence-electron chi connectivity index (χ3n) is 3.15. The van der Waals surface area contributed by atoms with Crippen LogP contribution in [0.5, 0.6) is 0 Å².